The van der Waals surface area contributed by atoms with Crippen LogP contribution in [0.3, 0.4) is 0 Å². The molecule has 15 fully saturated rings. The molecule has 0 radical (unpaired) electrons. The van der Waals surface area contributed by atoms with Gasteiger partial charge >= 0.3 is 0 Å². The molecule has 0 saturated carbocycles. The molecule has 15 aliphatic heterocycles. The number of hydrogen-bond donors (Lipinski definition) is 2. The third-order valence-electron chi connectivity index (χ3n) is 32.2. The van der Waals surface area contributed by atoms with E-state index in [1.54, 1.807) is 0 Å². The second-order valence-electron chi connectivity index (χ2n) is 53.9. The zero-order valence-corrected chi connectivity index (χ0v) is 97.3. The van der Waals surface area contributed by atoms with Gasteiger partial charge in [-0.3, -0.25) is 39.1 Å². The number of rotatable bonds is 19. The molecule has 0 spiro atoms. The van der Waals surface area contributed by atoms with Crippen molar-refractivity contribution in [2.75, 3.05) is 217 Å². The van der Waals surface area contributed by atoms with Gasteiger partial charge in [0.1, 0.15) is 6.61 Å². The summed E-state index contributed by atoms with van der Waals surface area (Å²) in [7, 11) is 2.18. The average molecular weight is 2040 g/mol. The van der Waals surface area contributed by atoms with Gasteiger partial charge in [0.05, 0.1) is 98.3 Å². The van der Waals surface area contributed by atoms with Gasteiger partial charge in [-0.1, -0.05) is 104 Å². The maximum absolute atomic E-state index is 12.0. The van der Waals surface area contributed by atoms with Crippen LogP contribution >= 0.6 is 0 Å². The summed E-state index contributed by atoms with van der Waals surface area (Å²) in [5.41, 5.74) is 6.82. The lowest BCUT2D eigenvalue weighted by Crippen LogP contribution is -2.61. The summed E-state index contributed by atoms with van der Waals surface area (Å²) in [5.74, 6) is 0.103. The number of piperidine rings is 9. The first-order valence-corrected chi connectivity index (χ1v) is 57.9. The Bertz CT molecular complexity index is 4260. The van der Waals surface area contributed by atoms with E-state index in [2.05, 4.69) is 324 Å². The Morgan fingerprint density at radius 2 is 0.740 bits per heavy atom. The number of carbonyl (C=O) groups is 1. The number of fused-ring (bicyclic) bond motifs is 2. The van der Waals surface area contributed by atoms with Crippen molar-refractivity contribution in [3.05, 3.63) is 59.0 Å². The van der Waals surface area contributed by atoms with Crippen LogP contribution in [0, 0.1) is 28.2 Å². The number of nitrogens with one attached hydrogen (secondary N) is 2. The lowest BCUT2D eigenvalue weighted by molar-refractivity contribution is -0.190. The molecule has 2 N–H and O–H groups in total. The average Bonchev–Trinajstić information content (AvgIpc) is 1.65. The Kier molecular flexibility index (Phi) is 47.5. The number of amides is 1. The molecule has 0 aromatic carbocycles. The summed E-state index contributed by atoms with van der Waals surface area (Å²) in [5, 5.41) is 41.5. The van der Waals surface area contributed by atoms with Crippen molar-refractivity contribution < 1.29 is 33.2 Å². The Morgan fingerprint density at radius 1 is 0.397 bits per heavy atom. The van der Waals surface area contributed by atoms with Crippen LogP contribution in [0.15, 0.2) is 24.8 Å². The number of morpholine rings is 3. The van der Waals surface area contributed by atoms with Gasteiger partial charge in [-0.15, -0.1) is 20.4 Å². The number of hydrogen-bond acceptors (Lipinski definition) is 26. The Morgan fingerprint density at radius 3 is 1.13 bits per heavy atom. The summed E-state index contributed by atoms with van der Waals surface area (Å²) in [4.78, 5) is 40.5. The maximum atomic E-state index is 12.0. The van der Waals surface area contributed by atoms with Crippen LogP contribution in [-0.4, -0.2) is 409 Å². The zero-order valence-electron chi connectivity index (χ0n) is 97.3. The minimum absolute atomic E-state index is 0.103. The van der Waals surface area contributed by atoms with E-state index >= 15 is 0 Å². The van der Waals surface area contributed by atoms with Gasteiger partial charge < -0.3 is 58.6 Å². The van der Waals surface area contributed by atoms with E-state index in [4.69, 9.17) is 35.0 Å². The van der Waals surface area contributed by atoms with E-state index in [9.17, 15) is 4.79 Å². The molecular formula is C114H211N25O7. The smallest absolute Gasteiger partial charge is 0.248 e. The molecule has 4 aromatic rings. The number of nitrogens with zero attached hydrogens (tertiary/aromatic N) is 23. The Labute approximate surface area is 886 Å². The predicted octanol–water partition coefficient (Wildman–Crippen LogP) is 15.9. The number of carbonyl (C=O) groups excluding carboxylic acids is 1. The maximum Gasteiger partial charge on any atom is 0.248 e. The van der Waals surface area contributed by atoms with Crippen LogP contribution in [0.25, 0.3) is 4.85 Å². The van der Waals surface area contributed by atoms with Crippen LogP contribution in [0.4, 0.5) is 0 Å². The molecule has 32 nitrogen and oxygen atoms in total. The number of aromatic nitrogens is 12. The molecule has 1 amide bonds. The largest absolute Gasteiger partial charge is 0.381 e. The quantitative estimate of drug-likeness (QED) is 0.0653. The Balaban J connectivity index is 0.000000159. The molecule has 4 atom stereocenters. The van der Waals surface area contributed by atoms with Crippen LogP contribution in [0.5, 0.6) is 0 Å². The van der Waals surface area contributed by atoms with E-state index in [0.717, 1.165) is 191 Å². The highest BCUT2D eigenvalue weighted by Crippen LogP contribution is 2.36. The highest BCUT2D eigenvalue weighted by molar-refractivity contribution is 5.77. The predicted molar refractivity (Wildman–Crippen MR) is 589 cm³/mol. The van der Waals surface area contributed by atoms with E-state index in [-0.39, 0.29) is 45.8 Å². The van der Waals surface area contributed by atoms with Gasteiger partial charge in [-0.05, 0) is 293 Å². The highest BCUT2D eigenvalue weighted by atomic mass is 16.5. The normalized spacial score (nSPS) is 24.7. The first kappa shape index (κ1) is 121. The van der Waals surface area contributed by atoms with Gasteiger partial charge in [0.25, 0.3) is 0 Å². The van der Waals surface area contributed by atoms with Crippen LogP contribution in [0.2, 0.25) is 0 Å². The molecule has 15 saturated heterocycles. The molecule has 15 aliphatic rings. The topological polar surface area (TPSA) is 256 Å². The van der Waals surface area contributed by atoms with Crippen LogP contribution in [0.1, 0.15) is 355 Å². The minimum atomic E-state index is 0.103. The summed E-state index contributed by atoms with van der Waals surface area (Å²) >= 11 is 0. The third-order valence-corrected chi connectivity index (χ3v) is 32.2. The molecule has 4 aromatic heterocycles. The lowest BCUT2D eigenvalue weighted by Gasteiger charge is -2.51. The molecule has 2 bridgehead atoms. The molecular weight excluding hydrogens is 1830 g/mol. The third kappa shape index (κ3) is 42.3. The fourth-order valence-corrected chi connectivity index (χ4v) is 23.4. The van der Waals surface area contributed by atoms with Crippen molar-refractivity contribution in [2.45, 2.75) is 434 Å². The summed E-state index contributed by atoms with van der Waals surface area (Å²) in [6.45, 7) is 95.9. The first-order valence-electron chi connectivity index (χ1n) is 57.9. The van der Waals surface area contributed by atoms with Gasteiger partial charge in [0, 0.05) is 234 Å². The van der Waals surface area contributed by atoms with E-state index in [0.29, 0.717) is 104 Å². The van der Waals surface area contributed by atoms with Crippen molar-refractivity contribution in [3.63, 3.8) is 0 Å². The molecule has 146 heavy (non-hydrogen) atoms. The molecule has 32 heteroatoms. The van der Waals surface area contributed by atoms with E-state index in [1.165, 1.54) is 181 Å². The van der Waals surface area contributed by atoms with Gasteiger partial charge in [-0.25, -0.2) is 25.3 Å². The highest BCUT2D eigenvalue weighted by Gasteiger charge is 2.43. The number of likely N-dealkylation sites (tertiary alicyclic amines) is 7. The first-order chi connectivity index (χ1) is 69.0. The summed E-state index contributed by atoms with van der Waals surface area (Å²) < 4.78 is 41.6. The molecule has 19 rings (SSSR count). The fraction of sp³-hybridized carbons (Fsp3) is 0.912. The zero-order chi connectivity index (χ0) is 106. The molecule has 3 unspecified atom stereocenters. The van der Waals surface area contributed by atoms with Gasteiger partial charge in [0.2, 0.25) is 12.5 Å². The van der Waals surface area contributed by atoms with Gasteiger partial charge in [0.15, 0.2) is 0 Å². The second kappa shape index (κ2) is 57.3. The van der Waals surface area contributed by atoms with E-state index < -0.39 is 0 Å². The van der Waals surface area contributed by atoms with E-state index in [1.807, 2.05) is 4.90 Å². The standard InChI is InChI=1S/C17H30N4O.C16H28N4O.C15H28N2O3.C14H26N2O.C14H28N2O.C13H24N4.C13H25N3.C12H22N4/c1-17(2,3)12-14-13-21(19-18-14)16-4-8-20(9-5-16)15-6-10-22-11-7-15;1-16(2,3)10-13-11-20(18-17-13)14-4-7-19(8-5-14)15-6-9-21-12-15;1-15(2,3)17-6-4-13(5-7-17)20-12-14(18)16-8-10-19-11-9-16;1-14(2,3)16-6-4-11(5-7-16)15-9-12-8-13(10-15)17-12;1-12-11-17-10-9-16(12)13-5-7-15(8-6-13)14(2,3)4;1-13(2,3)9-11-10-17(15-14-11)12-5-7-16(4)8-6-12;1-13(2,3)16-10-6-12(7-11-16)15-9-5-8-14-4;1-12(2,3)8-10-9-16(15-14-10)11-4-6-13-7-5-11/h13,15-16H,4-12H2,1-3H3;11,14-15H,4-10,12H2,1-3H3;13H,4-12H2,1-3H3;11-13H,4-10H2,1-3H3;12-13H,5-11H2,1-4H3;10,12H,5-9H2,1-4H3;12,15H,5-11H2,1-3H3;9,11,13H,4-8H2,1-3H3/t;;;;12-;;;/m....0.../s1. The fourth-order valence-electron chi connectivity index (χ4n) is 23.4. The van der Waals surface area contributed by atoms with Crippen molar-refractivity contribution >= 4 is 5.91 Å². The molecule has 19 heterocycles. The van der Waals surface area contributed by atoms with Crippen molar-refractivity contribution in [2.24, 2.45) is 21.7 Å². The van der Waals surface area contributed by atoms with Crippen molar-refractivity contribution in [3.8, 4) is 0 Å². The second-order valence-corrected chi connectivity index (χ2v) is 53.9. The lowest BCUT2D eigenvalue weighted by atomic mass is 9.91. The van der Waals surface area contributed by atoms with Crippen molar-refractivity contribution in [1.29, 1.82) is 0 Å². The summed E-state index contributed by atoms with van der Waals surface area (Å²) in [6, 6.07) is 6.41. The van der Waals surface area contributed by atoms with Crippen molar-refractivity contribution in [1.82, 2.24) is 120 Å². The minimum Gasteiger partial charge on any atom is -0.381 e. The summed E-state index contributed by atoms with van der Waals surface area (Å²) in [6.07, 6.45) is 39.1. The van der Waals surface area contributed by atoms with Gasteiger partial charge in [-0.2, -0.15) is 0 Å². The monoisotopic (exact) mass is 2040 g/mol. The van der Waals surface area contributed by atoms with Crippen LogP contribution in [-0.2, 0) is 58.9 Å². The Hall–Kier alpha value is -5.16. The molecule has 834 valence electrons. The van der Waals surface area contributed by atoms with Crippen LogP contribution < -0.4 is 10.6 Å². The molecule has 0 aliphatic carbocycles. The number of ether oxygens (including phenoxy) is 6. The SMILES string of the molecule is CC(C)(C)Cc1cn(C2CCN(C3CCOC3)CC2)nn1.CC(C)(C)Cc1cn(C2CCN(C3CCOCC3)CC2)nn1.CC(C)(C)Cc1cn(C2CCNCC2)nn1.CC(C)(C)N1CCC(N2CC3CC(C2)O3)CC1.CC(C)(C)N1CCC(OCC(=O)N2CCOCC2)CC1.CN1CCC(n2cc(CC(C)(C)C)nn2)CC1.C[C@H]1COCCN1C1CCN(C(C)(C)C)CC1.[C-]#[N+]CCCNC1CCN(C(C)(C)C)CC1.